The normalized spacial score (nSPS) is 15.8. The summed E-state index contributed by atoms with van der Waals surface area (Å²) in [5.74, 6) is 0. The zero-order valence-electron chi connectivity index (χ0n) is 14.1. The zero-order valence-corrected chi connectivity index (χ0v) is 14.1. The van der Waals surface area contributed by atoms with Crippen LogP contribution < -0.4 is 10.2 Å². The van der Waals surface area contributed by atoms with Gasteiger partial charge in [0.05, 0.1) is 5.52 Å². The molecule has 3 nitrogen and oxygen atoms in total. The Bertz CT molecular complexity index is 835. The number of fused-ring (bicyclic) bond motifs is 1. The number of piperidine rings is 1. The summed E-state index contributed by atoms with van der Waals surface area (Å²) in [5.41, 5.74) is 4.78. The van der Waals surface area contributed by atoms with Crippen molar-refractivity contribution in [1.82, 2.24) is 10.3 Å². The second kappa shape index (κ2) is 6.62. The summed E-state index contributed by atoms with van der Waals surface area (Å²) in [6.45, 7) is 2.23. The molecule has 3 aromatic rings. The lowest BCUT2D eigenvalue weighted by Gasteiger charge is -2.33. The van der Waals surface area contributed by atoms with Crippen molar-refractivity contribution < 1.29 is 0 Å². The van der Waals surface area contributed by atoms with Crippen molar-refractivity contribution in [1.29, 1.82) is 0 Å². The van der Waals surface area contributed by atoms with Crippen LogP contribution in [0.15, 0.2) is 60.8 Å². The van der Waals surface area contributed by atoms with Gasteiger partial charge in [-0.25, -0.2) is 0 Å². The molecule has 24 heavy (non-hydrogen) atoms. The van der Waals surface area contributed by atoms with Gasteiger partial charge in [-0.2, -0.15) is 0 Å². The summed E-state index contributed by atoms with van der Waals surface area (Å²) in [6.07, 6.45) is 4.39. The highest BCUT2D eigenvalue weighted by Crippen LogP contribution is 2.28. The van der Waals surface area contributed by atoms with Crippen molar-refractivity contribution in [2.24, 2.45) is 0 Å². The average molecular weight is 317 g/mol. The molecular formula is C21H23N3. The van der Waals surface area contributed by atoms with Crippen molar-refractivity contribution in [2.45, 2.75) is 18.9 Å². The maximum absolute atomic E-state index is 4.60. The molecule has 0 aliphatic carbocycles. The van der Waals surface area contributed by atoms with Crippen LogP contribution in [-0.2, 0) is 0 Å². The third-order valence-corrected chi connectivity index (χ3v) is 5.04. The second-order valence-corrected chi connectivity index (χ2v) is 6.52. The Morgan fingerprint density at radius 3 is 2.62 bits per heavy atom. The van der Waals surface area contributed by atoms with Crippen molar-refractivity contribution in [3.63, 3.8) is 0 Å². The third-order valence-electron chi connectivity index (χ3n) is 5.04. The molecule has 122 valence electrons. The minimum Gasteiger partial charge on any atom is -0.371 e. The largest absolute Gasteiger partial charge is 0.371 e. The quantitative estimate of drug-likeness (QED) is 0.788. The van der Waals surface area contributed by atoms with E-state index in [0.29, 0.717) is 6.04 Å². The smallest absolute Gasteiger partial charge is 0.0702 e. The van der Waals surface area contributed by atoms with Crippen LogP contribution in [0.4, 0.5) is 5.69 Å². The molecule has 1 saturated heterocycles. The van der Waals surface area contributed by atoms with Crippen molar-refractivity contribution >= 4 is 16.6 Å². The first kappa shape index (κ1) is 15.2. The van der Waals surface area contributed by atoms with Crippen LogP contribution in [0.25, 0.3) is 22.0 Å². The molecule has 0 unspecified atom stereocenters. The Morgan fingerprint density at radius 2 is 1.79 bits per heavy atom. The van der Waals surface area contributed by atoms with E-state index in [2.05, 4.69) is 70.8 Å². The lowest BCUT2D eigenvalue weighted by molar-refractivity contribution is 0.442. The summed E-state index contributed by atoms with van der Waals surface area (Å²) in [6, 6.07) is 20.0. The highest BCUT2D eigenvalue weighted by molar-refractivity contribution is 5.83. The zero-order chi connectivity index (χ0) is 16.4. The fraction of sp³-hybridized carbons (Fsp3) is 0.286. The van der Waals surface area contributed by atoms with E-state index in [9.17, 15) is 0 Å². The molecule has 0 spiro atoms. The lowest BCUT2D eigenvalue weighted by Crippen LogP contribution is -2.41. The van der Waals surface area contributed by atoms with E-state index in [1.54, 1.807) is 0 Å². The molecule has 1 aromatic heterocycles. The van der Waals surface area contributed by atoms with Crippen LogP contribution in [0.1, 0.15) is 12.8 Å². The number of rotatable bonds is 3. The Morgan fingerprint density at radius 1 is 0.958 bits per heavy atom. The summed E-state index contributed by atoms with van der Waals surface area (Å²) in [5, 5.41) is 4.59. The Kier molecular flexibility index (Phi) is 4.18. The standard InChI is InChI=1S/C21H23N3/c1-22-19-9-11-24(12-10-19)20-7-4-6-16(14-20)18-13-17-5-2-3-8-21(17)23-15-18/h2-8,13-15,19,22H,9-12H2,1H3. The average Bonchev–Trinajstić information content (AvgIpc) is 2.68. The van der Waals surface area contributed by atoms with E-state index in [1.807, 2.05) is 12.3 Å². The first-order valence-corrected chi connectivity index (χ1v) is 8.71. The molecule has 0 radical (unpaired) electrons. The van der Waals surface area contributed by atoms with Crippen LogP contribution in [0.3, 0.4) is 0 Å². The Hall–Kier alpha value is -2.39. The molecule has 3 heteroatoms. The van der Waals surface area contributed by atoms with Gasteiger partial charge in [-0.3, -0.25) is 4.98 Å². The minimum atomic E-state index is 0.661. The van der Waals surface area contributed by atoms with Crippen molar-refractivity contribution in [3.05, 3.63) is 60.8 Å². The fourth-order valence-corrected chi connectivity index (χ4v) is 3.54. The molecule has 0 bridgehead atoms. The van der Waals surface area contributed by atoms with Gasteiger partial charge in [0.1, 0.15) is 0 Å². The summed E-state index contributed by atoms with van der Waals surface area (Å²) in [7, 11) is 2.06. The molecule has 0 saturated carbocycles. The van der Waals surface area contributed by atoms with Gasteiger partial charge in [0.15, 0.2) is 0 Å². The van der Waals surface area contributed by atoms with Crippen LogP contribution in [-0.4, -0.2) is 31.2 Å². The van der Waals surface area contributed by atoms with E-state index >= 15 is 0 Å². The van der Waals surface area contributed by atoms with Gasteiger partial charge in [0.2, 0.25) is 0 Å². The highest BCUT2D eigenvalue weighted by Gasteiger charge is 2.18. The number of para-hydroxylation sites is 1. The molecule has 1 fully saturated rings. The SMILES string of the molecule is CNC1CCN(c2cccc(-c3cnc4ccccc4c3)c2)CC1. The summed E-state index contributed by atoms with van der Waals surface area (Å²) >= 11 is 0. The number of pyridine rings is 1. The maximum Gasteiger partial charge on any atom is 0.0702 e. The Balaban J connectivity index is 1.62. The van der Waals surface area contributed by atoms with Gasteiger partial charge in [-0.05, 0) is 49.7 Å². The first-order valence-electron chi connectivity index (χ1n) is 8.71. The number of nitrogens with one attached hydrogen (secondary N) is 1. The van der Waals surface area contributed by atoms with Crippen LogP contribution in [0, 0.1) is 0 Å². The third kappa shape index (κ3) is 3.00. The molecule has 4 rings (SSSR count). The number of benzene rings is 2. The van der Waals surface area contributed by atoms with Gasteiger partial charge in [0.25, 0.3) is 0 Å². The molecule has 1 aliphatic rings. The van der Waals surface area contributed by atoms with E-state index in [0.717, 1.165) is 18.6 Å². The van der Waals surface area contributed by atoms with Crippen LogP contribution in [0.5, 0.6) is 0 Å². The fourth-order valence-electron chi connectivity index (χ4n) is 3.54. The van der Waals surface area contributed by atoms with Gasteiger partial charge in [-0.15, -0.1) is 0 Å². The van der Waals surface area contributed by atoms with Gasteiger partial charge < -0.3 is 10.2 Å². The number of hydrogen-bond acceptors (Lipinski definition) is 3. The summed E-state index contributed by atoms with van der Waals surface area (Å²) < 4.78 is 0. The first-order chi connectivity index (χ1) is 11.8. The number of nitrogens with zero attached hydrogens (tertiary/aromatic N) is 2. The van der Waals surface area contributed by atoms with E-state index in [-0.39, 0.29) is 0 Å². The van der Waals surface area contributed by atoms with E-state index in [1.165, 1.54) is 35.0 Å². The van der Waals surface area contributed by atoms with Crippen LogP contribution >= 0.6 is 0 Å². The van der Waals surface area contributed by atoms with Crippen molar-refractivity contribution in [3.8, 4) is 11.1 Å². The predicted octanol–water partition coefficient (Wildman–Crippen LogP) is 4.09. The molecular weight excluding hydrogens is 294 g/mol. The van der Waals surface area contributed by atoms with Gasteiger partial charge in [-0.1, -0.05) is 30.3 Å². The lowest BCUT2D eigenvalue weighted by atomic mass is 10.0. The predicted molar refractivity (Wildman–Crippen MR) is 101 cm³/mol. The van der Waals surface area contributed by atoms with Crippen molar-refractivity contribution in [2.75, 3.05) is 25.0 Å². The van der Waals surface area contributed by atoms with Gasteiger partial charge in [0, 0.05) is 42.0 Å². The maximum atomic E-state index is 4.60. The van der Waals surface area contributed by atoms with Gasteiger partial charge >= 0.3 is 0 Å². The molecule has 0 atom stereocenters. The number of anilines is 1. The van der Waals surface area contributed by atoms with E-state index < -0.39 is 0 Å². The minimum absolute atomic E-state index is 0.661. The summed E-state index contributed by atoms with van der Waals surface area (Å²) in [4.78, 5) is 7.09. The molecule has 1 aliphatic heterocycles. The van der Waals surface area contributed by atoms with Crippen LogP contribution in [0.2, 0.25) is 0 Å². The topological polar surface area (TPSA) is 28.2 Å². The highest BCUT2D eigenvalue weighted by atomic mass is 15.1. The monoisotopic (exact) mass is 317 g/mol. The molecule has 2 aromatic carbocycles. The Labute approximate surface area is 143 Å². The molecule has 2 heterocycles. The molecule has 1 N–H and O–H groups in total. The number of aromatic nitrogens is 1. The van der Waals surface area contributed by atoms with E-state index in [4.69, 9.17) is 0 Å². The second-order valence-electron chi connectivity index (χ2n) is 6.52. The molecule has 0 amide bonds. The number of hydrogen-bond donors (Lipinski definition) is 1.